The third-order valence-electron chi connectivity index (χ3n) is 9.04. The summed E-state index contributed by atoms with van der Waals surface area (Å²) in [4.78, 5) is 42.6. The molecule has 0 radical (unpaired) electrons. The molecule has 0 aromatic carbocycles. The quantitative estimate of drug-likeness (QED) is 0.497. The Labute approximate surface area is 240 Å². The number of rotatable bonds is 7. The molecule has 5 rings (SSSR count). The number of amides is 1. The number of nitriles is 1. The second-order valence-corrected chi connectivity index (χ2v) is 11.5. The SMILES string of the molecule is COC(=O)CN1CCC(NC(=O)c2cc(CN3CCC(C#N)([C@@]4(C)C=CC=CN4)CC3)c3ccccn3c2=O)CC1. The largest absolute Gasteiger partial charge is 0.468 e. The molecule has 5 heterocycles. The van der Waals surface area contributed by atoms with Gasteiger partial charge in [-0.1, -0.05) is 18.2 Å². The molecular formula is C31H38N6O4. The van der Waals surface area contributed by atoms with E-state index in [-0.39, 0.29) is 35.6 Å². The monoisotopic (exact) mass is 558 g/mol. The maximum absolute atomic E-state index is 13.4. The minimum absolute atomic E-state index is 0.0735. The summed E-state index contributed by atoms with van der Waals surface area (Å²) in [5.41, 5.74) is 0.491. The van der Waals surface area contributed by atoms with E-state index in [0.717, 1.165) is 24.2 Å². The van der Waals surface area contributed by atoms with Gasteiger partial charge in [0, 0.05) is 45.0 Å². The summed E-state index contributed by atoms with van der Waals surface area (Å²) in [5.74, 6) is -0.649. The molecule has 2 fully saturated rings. The van der Waals surface area contributed by atoms with Gasteiger partial charge in [-0.05, 0) is 68.6 Å². The van der Waals surface area contributed by atoms with Crippen LogP contribution in [0.15, 0.2) is 59.7 Å². The average molecular weight is 559 g/mol. The Balaban J connectivity index is 1.30. The fraction of sp³-hybridized carbons (Fsp3) is 0.484. The molecule has 2 aromatic heterocycles. The first-order valence-electron chi connectivity index (χ1n) is 14.3. The summed E-state index contributed by atoms with van der Waals surface area (Å²) in [6.45, 7) is 5.68. The minimum atomic E-state index is -0.530. The van der Waals surface area contributed by atoms with Gasteiger partial charge in [-0.15, -0.1) is 0 Å². The molecule has 0 saturated carbocycles. The highest BCUT2D eigenvalue weighted by molar-refractivity contribution is 5.94. The lowest BCUT2D eigenvalue weighted by Crippen LogP contribution is -2.57. The van der Waals surface area contributed by atoms with Gasteiger partial charge in [0.2, 0.25) is 0 Å². The molecule has 3 aliphatic heterocycles. The van der Waals surface area contributed by atoms with Gasteiger partial charge in [-0.2, -0.15) is 5.26 Å². The molecule has 0 spiro atoms. The number of esters is 1. The molecule has 1 amide bonds. The van der Waals surface area contributed by atoms with Crippen LogP contribution in [-0.2, 0) is 16.1 Å². The van der Waals surface area contributed by atoms with Crippen molar-refractivity contribution in [2.45, 2.75) is 50.7 Å². The zero-order valence-electron chi connectivity index (χ0n) is 23.8. The van der Waals surface area contributed by atoms with E-state index in [2.05, 4.69) is 34.6 Å². The van der Waals surface area contributed by atoms with Crippen LogP contribution >= 0.6 is 0 Å². The number of methoxy groups -OCH3 is 1. The molecule has 216 valence electrons. The fourth-order valence-corrected chi connectivity index (χ4v) is 6.31. The number of carbonyl (C=O) groups excluding carboxylic acids is 2. The van der Waals surface area contributed by atoms with Gasteiger partial charge in [0.05, 0.1) is 36.2 Å². The van der Waals surface area contributed by atoms with Crippen molar-refractivity contribution < 1.29 is 14.3 Å². The maximum Gasteiger partial charge on any atom is 0.319 e. The third-order valence-corrected chi connectivity index (χ3v) is 9.04. The van der Waals surface area contributed by atoms with Crippen LogP contribution in [0, 0.1) is 16.7 Å². The summed E-state index contributed by atoms with van der Waals surface area (Å²) >= 11 is 0. The van der Waals surface area contributed by atoms with Crippen molar-refractivity contribution in [1.29, 1.82) is 5.26 Å². The van der Waals surface area contributed by atoms with Crippen molar-refractivity contribution in [2.24, 2.45) is 5.41 Å². The first-order chi connectivity index (χ1) is 19.8. The zero-order valence-corrected chi connectivity index (χ0v) is 23.8. The van der Waals surface area contributed by atoms with Gasteiger partial charge >= 0.3 is 5.97 Å². The first-order valence-corrected chi connectivity index (χ1v) is 14.3. The van der Waals surface area contributed by atoms with E-state index >= 15 is 0 Å². The van der Waals surface area contributed by atoms with Crippen LogP contribution in [0.1, 0.15) is 48.5 Å². The van der Waals surface area contributed by atoms with Gasteiger partial charge in [0.1, 0.15) is 5.56 Å². The van der Waals surface area contributed by atoms with Gasteiger partial charge in [-0.3, -0.25) is 28.6 Å². The highest BCUT2D eigenvalue weighted by atomic mass is 16.5. The molecule has 0 unspecified atom stereocenters. The number of aromatic nitrogens is 1. The van der Waals surface area contributed by atoms with Crippen LogP contribution in [0.2, 0.25) is 0 Å². The van der Waals surface area contributed by atoms with Gasteiger partial charge < -0.3 is 15.4 Å². The highest BCUT2D eigenvalue weighted by Crippen LogP contribution is 2.43. The predicted molar refractivity (Wildman–Crippen MR) is 155 cm³/mol. The number of carbonyl (C=O) groups is 2. The number of pyridine rings is 2. The molecule has 41 heavy (non-hydrogen) atoms. The molecular weight excluding hydrogens is 520 g/mol. The number of piperidine rings is 2. The van der Waals surface area contributed by atoms with E-state index in [1.807, 2.05) is 35.4 Å². The standard InChI is InChI=1S/C31H38N6O4/c1-30(10-4-5-13-33-30)31(22-32)11-17-36(18-12-31)20-23-19-25(29(40)37-14-6-3-7-26(23)37)28(39)34-24-8-15-35(16-9-24)21-27(38)41-2/h3-7,10,13-14,19,24,33H,8-9,11-12,15-18,20-21H2,1-2H3,(H,34,39)/t30-/m1/s1. The normalized spacial score (nSPS) is 23.0. The summed E-state index contributed by atoms with van der Waals surface area (Å²) in [7, 11) is 1.38. The Morgan fingerprint density at radius 3 is 2.56 bits per heavy atom. The topological polar surface area (TPSA) is 119 Å². The summed E-state index contributed by atoms with van der Waals surface area (Å²) in [6.07, 6.45) is 12.4. The number of hydrogen-bond donors (Lipinski definition) is 2. The Hall–Kier alpha value is -3.94. The molecule has 2 N–H and O–H groups in total. The lowest BCUT2D eigenvalue weighted by Gasteiger charge is -2.48. The molecule has 3 aliphatic rings. The van der Waals surface area contributed by atoms with Crippen LogP contribution in [-0.4, -0.2) is 77.5 Å². The van der Waals surface area contributed by atoms with Gasteiger partial charge in [-0.25, -0.2) is 0 Å². The molecule has 1 atom stereocenters. The van der Waals surface area contributed by atoms with E-state index in [4.69, 9.17) is 4.74 Å². The number of likely N-dealkylation sites (tertiary alicyclic amines) is 2. The highest BCUT2D eigenvalue weighted by Gasteiger charge is 2.49. The second-order valence-electron chi connectivity index (χ2n) is 11.5. The van der Waals surface area contributed by atoms with E-state index in [0.29, 0.717) is 45.3 Å². The molecule has 2 aromatic rings. The number of dihydropyridines is 1. The third kappa shape index (κ3) is 5.78. The van der Waals surface area contributed by atoms with E-state index in [1.54, 1.807) is 22.7 Å². The number of fused-ring (bicyclic) bond motifs is 1. The van der Waals surface area contributed by atoms with E-state index < -0.39 is 11.0 Å². The maximum atomic E-state index is 13.4. The minimum Gasteiger partial charge on any atom is -0.468 e. The zero-order chi connectivity index (χ0) is 29.0. The van der Waals surface area contributed by atoms with Crippen molar-refractivity contribution in [3.63, 3.8) is 0 Å². The smallest absolute Gasteiger partial charge is 0.319 e. The summed E-state index contributed by atoms with van der Waals surface area (Å²) < 4.78 is 6.30. The number of nitrogens with one attached hydrogen (secondary N) is 2. The van der Waals surface area contributed by atoms with Crippen molar-refractivity contribution >= 4 is 17.4 Å². The molecule has 10 nitrogen and oxygen atoms in total. The van der Waals surface area contributed by atoms with Crippen LogP contribution in [0.5, 0.6) is 0 Å². The predicted octanol–water partition coefficient (Wildman–Crippen LogP) is 2.20. The van der Waals surface area contributed by atoms with E-state index in [1.165, 1.54) is 7.11 Å². The lowest BCUT2D eigenvalue weighted by molar-refractivity contribution is -0.142. The Bertz CT molecular complexity index is 1460. The lowest BCUT2D eigenvalue weighted by atomic mass is 9.65. The van der Waals surface area contributed by atoms with Crippen molar-refractivity contribution in [3.8, 4) is 6.07 Å². The average Bonchev–Trinajstić information content (AvgIpc) is 3.00. The van der Waals surface area contributed by atoms with Crippen molar-refractivity contribution in [3.05, 3.63) is 76.4 Å². The molecule has 2 saturated heterocycles. The Morgan fingerprint density at radius 1 is 1.15 bits per heavy atom. The summed E-state index contributed by atoms with van der Waals surface area (Å²) in [6, 6.07) is 9.89. The molecule has 0 aliphatic carbocycles. The number of nitrogens with zero attached hydrogens (tertiary/aromatic N) is 4. The number of hydrogen-bond acceptors (Lipinski definition) is 8. The van der Waals surface area contributed by atoms with Gasteiger partial charge in [0.25, 0.3) is 11.5 Å². The van der Waals surface area contributed by atoms with Crippen LogP contribution < -0.4 is 16.2 Å². The summed E-state index contributed by atoms with van der Waals surface area (Å²) in [5, 5.41) is 16.7. The second kappa shape index (κ2) is 11.9. The number of ether oxygens (including phenoxy) is 1. The van der Waals surface area contributed by atoms with Crippen molar-refractivity contribution in [1.82, 2.24) is 24.8 Å². The molecule has 10 heteroatoms. The van der Waals surface area contributed by atoms with Crippen LogP contribution in [0.3, 0.4) is 0 Å². The van der Waals surface area contributed by atoms with E-state index in [9.17, 15) is 19.6 Å². The Kier molecular flexibility index (Phi) is 8.29. The van der Waals surface area contributed by atoms with Crippen LogP contribution in [0.4, 0.5) is 0 Å². The molecule has 0 bridgehead atoms. The Morgan fingerprint density at radius 2 is 1.90 bits per heavy atom. The van der Waals surface area contributed by atoms with Crippen LogP contribution in [0.25, 0.3) is 5.52 Å². The fourth-order valence-electron chi connectivity index (χ4n) is 6.31. The van der Waals surface area contributed by atoms with Gasteiger partial charge in [0.15, 0.2) is 0 Å². The number of allylic oxidation sites excluding steroid dienone is 2. The van der Waals surface area contributed by atoms with Crippen molar-refractivity contribution in [2.75, 3.05) is 39.8 Å². The first kappa shape index (κ1) is 28.6.